The number of allylic oxidation sites excluding steroid dienone is 3. The number of benzene rings is 7. The first kappa shape index (κ1) is 31.4. The Morgan fingerprint density at radius 3 is 2.00 bits per heavy atom. The van der Waals surface area contributed by atoms with Gasteiger partial charge in [0.2, 0.25) is 0 Å². The predicted molar refractivity (Wildman–Crippen MR) is 223 cm³/mol. The second-order valence-corrected chi connectivity index (χ2v) is 14.9. The van der Waals surface area contributed by atoms with E-state index in [9.17, 15) is 0 Å². The number of nitrogens with zero attached hydrogens (tertiary/aromatic N) is 2. The van der Waals surface area contributed by atoms with E-state index in [0.29, 0.717) is 5.92 Å². The van der Waals surface area contributed by atoms with E-state index >= 15 is 0 Å². The molecular formula is C51H40N2. The van der Waals surface area contributed by atoms with Crippen LogP contribution < -0.4 is 4.90 Å². The standard InChI is InChI=1S/C51H40N2/c1-51(2)47-22-11-9-20-43(47)44-30-29-42(34-48(44)51)52(41-19-13-16-37(32-41)35-14-5-3-6-15-35)40-27-24-36(25-28-40)38-26-31-50-46(33-38)45-21-10-12-23-49(45)53(50)39-17-7-4-8-18-39/h3-29,31-34,44H,30H2,1-2H3. The van der Waals surface area contributed by atoms with Crippen LogP contribution in [0.2, 0.25) is 0 Å². The van der Waals surface area contributed by atoms with Crippen LogP contribution in [-0.2, 0) is 5.41 Å². The third-order valence-electron chi connectivity index (χ3n) is 11.6. The lowest BCUT2D eigenvalue weighted by molar-refractivity contribution is 0.609. The topological polar surface area (TPSA) is 8.17 Å². The van der Waals surface area contributed by atoms with E-state index in [4.69, 9.17) is 0 Å². The van der Waals surface area contributed by atoms with Crippen molar-refractivity contribution < 1.29 is 0 Å². The Bertz CT molecular complexity index is 2710. The highest BCUT2D eigenvalue weighted by molar-refractivity contribution is 6.10. The maximum Gasteiger partial charge on any atom is 0.0541 e. The predicted octanol–water partition coefficient (Wildman–Crippen LogP) is 13.5. The quantitative estimate of drug-likeness (QED) is 0.170. The molecule has 1 heterocycles. The third kappa shape index (κ3) is 5.17. The van der Waals surface area contributed by atoms with Crippen molar-refractivity contribution >= 4 is 33.2 Å². The van der Waals surface area contributed by atoms with E-state index in [-0.39, 0.29) is 5.41 Å². The van der Waals surface area contributed by atoms with Gasteiger partial charge in [-0.25, -0.2) is 0 Å². The van der Waals surface area contributed by atoms with E-state index in [1.54, 1.807) is 0 Å². The number of aromatic nitrogens is 1. The van der Waals surface area contributed by atoms with Crippen LogP contribution in [0.4, 0.5) is 11.4 Å². The zero-order valence-electron chi connectivity index (χ0n) is 30.1. The van der Waals surface area contributed by atoms with Crippen molar-refractivity contribution in [3.8, 4) is 27.9 Å². The van der Waals surface area contributed by atoms with Crippen molar-refractivity contribution in [2.45, 2.75) is 31.6 Å². The summed E-state index contributed by atoms with van der Waals surface area (Å²) >= 11 is 0. The van der Waals surface area contributed by atoms with Gasteiger partial charge in [0.1, 0.15) is 0 Å². The van der Waals surface area contributed by atoms with Crippen LogP contribution in [-0.4, -0.2) is 4.57 Å². The van der Waals surface area contributed by atoms with Crippen molar-refractivity contribution in [2.24, 2.45) is 0 Å². The van der Waals surface area contributed by atoms with Crippen LogP contribution in [0.15, 0.2) is 199 Å². The van der Waals surface area contributed by atoms with Gasteiger partial charge in [0, 0.05) is 44.9 Å². The fourth-order valence-electron chi connectivity index (χ4n) is 8.99. The van der Waals surface area contributed by atoms with Crippen molar-refractivity contribution in [1.82, 2.24) is 4.57 Å². The van der Waals surface area contributed by atoms with Crippen molar-refractivity contribution in [2.75, 3.05) is 4.90 Å². The normalized spacial score (nSPS) is 15.8. The molecule has 0 spiro atoms. The van der Waals surface area contributed by atoms with Gasteiger partial charge in [-0.1, -0.05) is 147 Å². The molecule has 1 aromatic heterocycles. The van der Waals surface area contributed by atoms with E-state index in [0.717, 1.165) is 17.8 Å². The number of fused-ring (bicyclic) bond motifs is 6. The first-order valence-electron chi connectivity index (χ1n) is 18.7. The summed E-state index contributed by atoms with van der Waals surface area (Å²) in [6, 6.07) is 64.2. The van der Waals surface area contributed by atoms with Gasteiger partial charge in [0.05, 0.1) is 11.0 Å². The van der Waals surface area contributed by atoms with Gasteiger partial charge in [-0.3, -0.25) is 0 Å². The Kier molecular flexibility index (Phi) is 7.33. The summed E-state index contributed by atoms with van der Waals surface area (Å²) in [5.41, 5.74) is 16.4. The number of rotatable bonds is 6. The maximum absolute atomic E-state index is 2.48. The fraction of sp³-hybridized carbons (Fsp3) is 0.0980. The molecule has 254 valence electrons. The van der Waals surface area contributed by atoms with E-state index in [1.807, 2.05) is 0 Å². The van der Waals surface area contributed by atoms with Crippen LogP contribution in [0.3, 0.4) is 0 Å². The second kappa shape index (κ2) is 12.4. The fourth-order valence-corrected chi connectivity index (χ4v) is 8.99. The van der Waals surface area contributed by atoms with Crippen LogP contribution in [0, 0.1) is 0 Å². The van der Waals surface area contributed by atoms with Gasteiger partial charge in [0.15, 0.2) is 0 Å². The lowest BCUT2D eigenvalue weighted by Gasteiger charge is -2.33. The van der Waals surface area contributed by atoms with Gasteiger partial charge in [-0.05, 0) is 100 Å². The minimum atomic E-state index is -0.0234. The summed E-state index contributed by atoms with van der Waals surface area (Å²) in [5, 5.41) is 2.53. The molecule has 0 N–H and O–H groups in total. The minimum Gasteiger partial charge on any atom is -0.311 e. The van der Waals surface area contributed by atoms with Gasteiger partial charge in [-0.2, -0.15) is 0 Å². The monoisotopic (exact) mass is 680 g/mol. The Morgan fingerprint density at radius 2 is 1.17 bits per heavy atom. The van der Waals surface area contributed by atoms with E-state index < -0.39 is 0 Å². The molecule has 2 heteroatoms. The smallest absolute Gasteiger partial charge is 0.0541 e. The second-order valence-electron chi connectivity index (χ2n) is 14.9. The molecule has 0 saturated carbocycles. The van der Waals surface area contributed by atoms with Gasteiger partial charge in [0.25, 0.3) is 0 Å². The summed E-state index contributed by atoms with van der Waals surface area (Å²) in [7, 11) is 0. The molecule has 0 saturated heterocycles. The molecule has 0 bridgehead atoms. The largest absolute Gasteiger partial charge is 0.311 e. The van der Waals surface area contributed by atoms with Crippen molar-refractivity contribution in [3.05, 3.63) is 210 Å². The third-order valence-corrected chi connectivity index (χ3v) is 11.6. The molecule has 0 amide bonds. The highest BCUT2D eigenvalue weighted by Gasteiger charge is 2.42. The Hall–Kier alpha value is -6.38. The lowest BCUT2D eigenvalue weighted by atomic mass is 9.78. The molecule has 8 aromatic rings. The van der Waals surface area contributed by atoms with E-state index in [2.05, 4.69) is 211 Å². The molecule has 0 aliphatic heterocycles. The Balaban J connectivity index is 1.07. The first-order chi connectivity index (χ1) is 26.0. The molecule has 2 nitrogen and oxygen atoms in total. The van der Waals surface area contributed by atoms with Crippen LogP contribution >= 0.6 is 0 Å². The SMILES string of the molecule is CC1(C)C2=CC(N(c3ccc(-c4ccc5c(c4)c4ccccc4n5-c4ccccc4)cc3)c3cccc(-c4ccccc4)c3)=CCC2c2ccccc21. The summed E-state index contributed by atoms with van der Waals surface area (Å²) in [4.78, 5) is 2.45. The number of hydrogen-bond donors (Lipinski definition) is 0. The molecule has 10 rings (SSSR count). The van der Waals surface area contributed by atoms with Gasteiger partial charge < -0.3 is 9.47 Å². The number of anilines is 2. The Morgan fingerprint density at radius 1 is 0.528 bits per heavy atom. The highest BCUT2D eigenvalue weighted by Crippen LogP contribution is 2.54. The van der Waals surface area contributed by atoms with Crippen LogP contribution in [0.1, 0.15) is 37.3 Å². The summed E-state index contributed by atoms with van der Waals surface area (Å²) in [5.74, 6) is 0.424. The number of para-hydroxylation sites is 2. The molecule has 0 fully saturated rings. The Labute approximate surface area is 311 Å². The molecule has 0 radical (unpaired) electrons. The summed E-state index contributed by atoms with van der Waals surface area (Å²) < 4.78 is 2.38. The minimum absolute atomic E-state index is 0.0234. The molecular weight excluding hydrogens is 641 g/mol. The molecule has 2 aliphatic carbocycles. The molecule has 2 aliphatic rings. The lowest BCUT2D eigenvalue weighted by Crippen LogP contribution is -2.22. The number of hydrogen-bond acceptors (Lipinski definition) is 1. The van der Waals surface area contributed by atoms with Crippen LogP contribution in [0.5, 0.6) is 0 Å². The van der Waals surface area contributed by atoms with Crippen molar-refractivity contribution in [1.29, 1.82) is 0 Å². The van der Waals surface area contributed by atoms with Crippen molar-refractivity contribution in [3.63, 3.8) is 0 Å². The maximum atomic E-state index is 2.48. The highest BCUT2D eigenvalue weighted by atomic mass is 15.1. The molecule has 1 atom stereocenters. The molecule has 7 aromatic carbocycles. The van der Waals surface area contributed by atoms with E-state index in [1.165, 1.54) is 72.1 Å². The summed E-state index contributed by atoms with van der Waals surface area (Å²) in [6.45, 7) is 4.79. The molecule has 1 unspecified atom stereocenters. The summed E-state index contributed by atoms with van der Waals surface area (Å²) in [6.07, 6.45) is 5.92. The van der Waals surface area contributed by atoms with Crippen LogP contribution in [0.25, 0.3) is 49.7 Å². The average molecular weight is 681 g/mol. The van der Waals surface area contributed by atoms with Gasteiger partial charge in [-0.15, -0.1) is 0 Å². The first-order valence-corrected chi connectivity index (χ1v) is 18.7. The molecule has 53 heavy (non-hydrogen) atoms. The van der Waals surface area contributed by atoms with Gasteiger partial charge >= 0.3 is 0 Å². The average Bonchev–Trinajstić information content (AvgIpc) is 3.67. The zero-order chi connectivity index (χ0) is 35.5. The zero-order valence-corrected chi connectivity index (χ0v) is 30.1.